The molecule has 1 fully saturated rings. The molecule has 4 rings (SSSR count). The Kier molecular flexibility index (Phi) is 9.03. The molecule has 2 aliphatic rings. The van der Waals surface area contributed by atoms with Crippen LogP contribution in [0.5, 0.6) is 5.75 Å². The number of aliphatic carboxylic acids is 1. The predicted octanol–water partition coefficient (Wildman–Crippen LogP) is 5.08. The molecule has 2 aromatic rings. The summed E-state index contributed by atoms with van der Waals surface area (Å²) in [7, 11) is 3.52. The first kappa shape index (κ1) is 27.3. The number of likely N-dealkylation sites (tertiary alicyclic amines) is 1. The monoisotopic (exact) mass is 512 g/mol. The number of anilines is 1. The van der Waals surface area contributed by atoms with Gasteiger partial charge in [0.2, 0.25) is 0 Å². The third kappa shape index (κ3) is 6.41. The van der Waals surface area contributed by atoms with Gasteiger partial charge in [-0.3, -0.25) is 9.69 Å². The molecule has 0 radical (unpaired) electrons. The summed E-state index contributed by atoms with van der Waals surface area (Å²) >= 11 is 0. The highest BCUT2D eigenvalue weighted by Gasteiger charge is 2.37. The van der Waals surface area contributed by atoms with Gasteiger partial charge in [-0.05, 0) is 80.9 Å². The van der Waals surface area contributed by atoms with E-state index in [1.807, 2.05) is 31.0 Å². The Labute approximate surface area is 220 Å². The van der Waals surface area contributed by atoms with Gasteiger partial charge in [0.05, 0.1) is 7.11 Å². The van der Waals surface area contributed by atoms with Crippen molar-refractivity contribution in [3.63, 3.8) is 0 Å². The van der Waals surface area contributed by atoms with Gasteiger partial charge >= 0.3 is 5.97 Å². The van der Waals surface area contributed by atoms with E-state index in [1.165, 1.54) is 18.7 Å². The van der Waals surface area contributed by atoms with E-state index in [2.05, 4.69) is 28.3 Å². The number of carbonyl (C=O) groups is 1. The number of aromatic nitrogens is 1. The number of pyridine rings is 1. The van der Waals surface area contributed by atoms with Gasteiger partial charge in [-0.1, -0.05) is 26.3 Å². The van der Waals surface area contributed by atoms with Crippen LogP contribution in [0.3, 0.4) is 0 Å². The average molecular weight is 513 g/mol. The molecule has 3 heterocycles. The quantitative estimate of drug-likeness (QED) is 0.407. The number of rotatable bonds is 11. The number of fused-ring (bicyclic) bond motifs is 1. The minimum atomic E-state index is -0.974. The molecule has 37 heavy (non-hydrogen) atoms. The minimum Gasteiger partial charge on any atom is -0.493 e. The van der Waals surface area contributed by atoms with Crippen molar-refractivity contribution in [3.8, 4) is 5.75 Å². The van der Waals surface area contributed by atoms with Crippen LogP contribution in [-0.4, -0.2) is 71.7 Å². The maximum absolute atomic E-state index is 14.8. The summed E-state index contributed by atoms with van der Waals surface area (Å²) in [5.74, 6) is -0.332. The van der Waals surface area contributed by atoms with Crippen molar-refractivity contribution in [1.29, 1.82) is 0 Å². The lowest BCUT2D eigenvalue weighted by Crippen LogP contribution is -2.38. The molecule has 2 N–H and O–H groups in total. The van der Waals surface area contributed by atoms with Crippen LogP contribution in [0, 0.1) is 5.82 Å². The summed E-state index contributed by atoms with van der Waals surface area (Å²) in [6.45, 7) is 6.21. The van der Waals surface area contributed by atoms with E-state index in [0.717, 1.165) is 56.5 Å². The first-order valence-corrected chi connectivity index (χ1v) is 13.5. The summed E-state index contributed by atoms with van der Waals surface area (Å²) < 4.78 is 20.1. The van der Waals surface area contributed by atoms with Crippen molar-refractivity contribution >= 4 is 11.8 Å². The maximum Gasteiger partial charge on any atom is 0.325 e. The van der Waals surface area contributed by atoms with Crippen LogP contribution in [0.1, 0.15) is 74.6 Å². The summed E-state index contributed by atoms with van der Waals surface area (Å²) in [5.41, 5.74) is 2.48. The fourth-order valence-corrected chi connectivity index (χ4v) is 5.75. The molecule has 3 atom stereocenters. The van der Waals surface area contributed by atoms with Crippen molar-refractivity contribution in [2.45, 2.75) is 76.4 Å². The number of ether oxygens (including phenoxy) is 1. The van der Waals surface area contributed by atoms with Crippen LogP contribution >= 0.6 is 0 Å². The van der Waals surface area contributed by atoms with Crippen LogP contribution < -0.4 is 10.1 Å². The number of hydrogen-bond acceptors (Lipinski definition) is 6. The van der Waals surface area contributed by atoms with E-state index in [9.17, 15) is 14.3 Å². The fourth-order valence-electron chi connectivity index (χ4n) is 5.75. The molecular weight excluding hydrogens is 471 g/mol. The topological polar surface area (TPSA) is 77.9 Å². The van der Waals surface area contributed by atoms with Crippen LogP contribution in [-0.2, 0) is 11.2 Å². The number of halogens is 1. The molecule has 0 spiro atoms. The minimum absolute atomic E-state index is 0.0303. The first-order chi connectivity index (χ1) is 17.8. The zero-order valence-electron chi connectivity index (χ0n) is 22.5. The second kappa shape index (κ2) is 12.2. The number of nitrogens with one attached hydrogen (secondary N) is 1. The molecule has 0 bridgehead atoms. The molecule has 8 heteroatoms. The smallest absolute Gasteiger partial charge is 0.325 e. The number of benzene rings is 1. The van der Waals surface area contributed by atoms with Gasteiger partial charge < -0.3 is 20.1 Å². The Hall–Kier alpha value is -2.71. The molecule has 0 saturated carbocycles. The summed E-state index contributed by atoms with van der Waals surface area (Å²) in [4.78, 5) is 21.2. The summed E-state index contributed by atoms with van der Waals surface area (Å²) in [6, 6.07) is 7.21. The van der Waals surface area contributed by atoms with E-state index in [1.54, 1.807) is 6.07 Å². The van der Waals surface area contributed by atoms with Crippen molar-refractivity contribution in [2.24, 2.45) is 0 Å². The van der Waals surface area contributed by atoms with Gasteiger partial charge in [0.15, 0.2) is 11.6 Å². The molecule has 1 saturated heterocycles. The van der Waals surface area contributed by atoms with Crippen molar-refractivity contribution in [3.05, 3.63) is 53.0 Å². The number of unbranched alkanes of at least 4 members (excludes halogenated alkanes) is 1. The van der Waals surface area contributed by atoms with Gasteiger partial charge in [-0.2, -0.15) is 0 Å². The SMILES string of the molecule is COc1c(F)cc(C(C)C)cc1C(C(=O)O)N1CC[C@@H](N(C)CCCC[C@H]2CCc3cccnc3N2)C1. The van der Waals surface area contributed by atoms with Gasteiger partial charge in [-0.15, -0.1) is 0 Å². The van der Waals surface area contributed by atoms with E-state index in [-0.39, 0.29) is 17.7 Å². The number of nitrogens with zero attached hydrogens (tertiary/aromatic N) is 3. The second-order valence-corrected chi connectivity index (χ2v) is 10.8. The van der Waals surface area contributed by atoms with E-state index < -0.39 is 17.8 Å². The number of carboxylic acid groups (broad SMARTS) is 1. The van der Waals surface area contributed by atoms with Crippen LogP contribution in [0.15, 0.2) is 30.5 Å². The fraction of sp³-hybridized carbons (Fsp3) is 0.586. The first-order valence-electron chi connectivity index (χ1n) is 13.5. The molecule has 0 aliphatic carbocycles. The average Bonchev–Trinajstić information content (AvgIpc) is 3.36. The van der Waals surface area contributed by atoms with Gasteiger partial charge in [0.1, 0.15) is 11.9 Å². The van der Waals surface area contributed by atoms with Gasteiger partial charge in [0.25, 0.3) is 0 Å². The standard InChI is InChI=1S/C29H41FN4O3/c1-19(2)21-16-24(27(37-4)25(30)17-21)26(29(35)36)34-15-12-23(18-34)33(3)14-6-5-9-22-11-10-20-8-7-13-31-28(20)32-22/h7-8,13,16-17,19,22-23,26H,5-6,9-12,14-15,18H2,1-4H3,(H,31,32)(H,35,36)/t22-,23+,26?/m0/s1. The normalized spacial score (nSPS) is 20.6. The third-order valence-electron chi connectivity index (χ3n) is 7.98. The van der Waals surface area contributed by atoms with Crippen molar-refractivity contribution in [2.75, 3.05) is 39.1 Å². The number of carboxylic acids is 1. The van der Waals surface area contributed by atoms with E-state index in [4.69, 9.17) is 4.74 Å². The Morgan fingerprint density at radius 1 is 1.32 bits per heavy atom. The zero-order chi connectivity index (χ0) is 26.5. The molecule has 1 unspecified atom stereocenters. The second-order valence-electron chi connectivity index (χ2n) is 10.8. The van der Waals surface area contributed by atoms with Crippen LogP contribution in [0.25, 0.3) is 0 Å². The summed E-state index contributed by atoms with van der Waals surface area (Å²) in [5, 5.41) is 13.8. The third-order valence-corrected chi connectivity index (χ3v) is 7.98. The summed E-state index contributed by atoms with van der Waals surface area (Å²) in [6.07, 6.45) is 8.31. The number of likely N-dealkylation sites (N-methyl/N-ethyl adjacent to an activating group) is 1. The molecule has 0 amide bonds. The highest BCUT2D eigenvalue weighted by atomic mass is 19.1. The molecule has 202 valence electrons. The van der Waals surface area contributed by atoms with Gasteiger partial charge in [0, 0.05) is 36.9 Å². The molecular formula is C29H41FN4O3. The predicted molar refractivity (Wildman–Crippen MR) is 144 cm³/mol. The molecule has 1 aromatic carbocycles. The largest absolute Gasteiger partial charge is 0.493 e. The lowest BCUT2D eigenvalue weighted by molar-refractivity contribution is -0.143. The van der Waals surface area contributed by atoms with Gasteiger partial charge in [-0.25, -0.2) is 9.37 Å². The van der Waals surface area contributed by atoms with Crippen LogP contribution in [0.2, 0.25) is 0 Å². The Bertz CT molecular complexity index is 1080. The number of methoxy groups -OCH3 is 1. The Morgan fingerprint density at radius 3 is 2.86 bits per heavy atom. The van der Waals surface area contributed by atoms with Crippen molar-refractivity contribution < 1.29 is 19.0 Å². The van der Waals surface area contributed by atoms with E-state index in [0.29, 0.717) is 24.7 Å². The highest BCUT2D eigenvalue weighted by Crippen LogP contribution is 2.37. The molecule has 1 aromatic heterocycles. The number of hydrogen-bond donors (Lipinski definition) is 2. The van der Waals surface area contributed by atoms with Crippen molar-refractivity contribution in [1.82, 2.24) is 14.8 Å². The molecule has 2 aliphatic heterocycles. The Morgan fingerprint density at radius 2 is 2.14 bits per heavy atom. The van der Waals surface area contributed by atoms with E-state index >= 15 is 0 Å². The number of aryl methyl sites for hydroxylation is 1. The zero-order valence-corrected chi connectivity index (χ0v) is 22.5. The highest BCUT2D eigenvalue weighted by molar-refractivity contribution is 5.77. The Balaban J connectivity index is 1.31. The van der Waals surface area contributed by atoms with Crippen LogP contribution in [0.4, 0.5) is 10.2 Å². The molecule has 7 nitrogen and oxygen atoms in total. The maximum atomic E-state index is 14.8. The lowest BCUT2D eigenvalue weighted by atomic mass is 9.95. The lowest BCUT2D eigenvalue weighted by Gasteiger charge is -2.29.